The van der Waals surface area contributed by atoms with Crippen LogP contribution in [0.25, 0.3) is 0 Å². The third-order valence-electron chi connectivity index (χ3n) is 4.30. The van der Waals surface area contributed by atoms with Crippen molar-refractivity contribution in [1.29, 1.82) is 0 Å². The summed E-state index contributed by atoms with van der Waals surface area (Å²) < 4.78 is 26.1. The molecule has 16 heavy (non-hydrogen) atoms. The van der Waals surface area contributed by atoms with Crippen molar-refractivity contribution in [2.75, 3.05) is 26.2 Å². The third-order valence-corrected chi connectivity index (χ3v) is 4.30. The van der Waals surface area contributed by atoms with Crippen LogP contribution >= 0.6 is 0 Å². The van der Waals surface area contributed by atoms with E-state index in [0.717, 1.165) is 19.5 Å². The Morgan fingerprint density at radius 1 is 1.31 bits per heavy atom. The van der Waals surface area contributed by atoms with Gasteiger partial charge in [0.25, 0.3) is 5.92 Å². The summed E-state index contributed by atoms with van der Waals surface area (Å²) in [5.74, 6) is -2.44. The fraction of sp³-hybridized carbons (Fsp3) is 1.00. The van der Waals surface area contributed by atoms with E-state index in [0.29, 0.717) is 12.6 Å². The van der Waals surface area contributed by atoms with Crippen molar-refractivity contribution < 1.29 is 8.78 Å². The van der Waals surface area contributed by atoms with Crippen LogP contribution in [0.3, 0.4) is 0 Å². The first-order valence-electron chi connectivity index (χ1n) is 6.21. The number of nitrogens with zero attached hydrogens (tertiary/aromatic N) is 2. The standard InChI is InChI=1S/C12H22F2N2/c1-4-11(2,3)16-7-10(8-16)15-6-5-12(13,14)9-15/h10H,4-9H2,1-3H3. The highest BCUT2D eigenvalue weighted by atomic mass is 19.3. The van der Waals surface area contributed by atoms with Crippen LogP contribution < -0.4 is 0 Å². The van der Waals surface area contributed by atoms with E-state index in [-0.39, 0.29) is 18.5 Å². The zero-order valence-electron chi connectivity index (χ0n) is 10.5. The van der Waals surface area contributed by atoms with Crippen LogP contribution in [0, 0.1) is 0 Å². The van der Waals surface area contributed by atoms with E-state index < -0.39 is 5.92 Å². The van der Waals surface area contributed by atoms with Crippen molar-refractivity contribution in [2.45, 2.75) is 51.1 Å². The van der Waals surface area contributed by atoms with Gasteiger partial charge < -0.3 is 0 Å². The zero-order chi connectivity index (χ0) is 12.0. The van der Waals surface area contributed by atoms with Gasteiger partial charge in [0.15, 0.2) is 0 Å². The van der Waals surface area contributed by atoms with E-state index >= 15 is 0 Å². The number of likely N-dealkylation sites (tertiary alicyclic amines) is 2. The first-order valence-corrected chi connectivity index (χ1v) is 6.21. The Balaban J connectivity index is 1.81. The smallest absolute Gasteiger partial charge is 0.261 e. The Kier molecular flexibility index (Phi) is 2.99. The predicted molar refractivity (Wildman–Crippen MR) is 60.9 cm³/mol. The van der Waals surface area contributed by atoms with Gasteiger partial charge in [-0.1, -0.05) is 6.92 Å². The number of halogens is 2. The van der Waals surface area contributed by atoms with Crippen LogP contribution in [-0.2, 0) is 0 Å². The minimum absolute atomic E-state index is 0.0297. The van der Waals surface area contributed by atoms with Crippen molar-refractivity contribution >= 4 is 0 Å². The minimum Gasteiger partial charge on any atom is -0.295 e. The molecule has 2 fully saturated rings. The summed E-state index contributed by atoms with van der Waals surface area (Å²) in [5.41, 5.74) is 0.221. The van der Waals surface area contributed by atoms with Gasteiger partial charge in [-0.3, -0.25) is 9.80 Å². The molecule has 0 aliphatic carbocycles. The fourth-order valence-corrected chi connectivity index (χ4v) is 2.48. The lowest BCUT2D eigenvalue weighted by Gasteiger charge is -2.51. The number of hydrogen-bond acceptors (Lipinski definition) is 2. The molecule has 4 heteroatoms. The molecule has 2 rings (SSSR count). The summed E-state index contributed by atoms with van der Waals surface area (Å²) in [5, 5.41) is 0. The summed E-state index contributed by atoms with van der Waals surface area (Å²) in [7, 11) is 0. The normalized spacial score (nSPS) is 28.3. The second-order valence-electron chi connectivity index (χ2n) is 5.80. The average molecular weight is 232 g/mol. The molecule has 0 aromatic rings. The molecule has 0 atom stereocenters. The molecule has 0 unspecified atom stereocenters. The summed E-state index contributed by atoms with van der Waals surface area (Å²) in [4.78, 5) is 4.36. The van der Waals surface area contributed by atoms with Crippen molar-refractivity contribution in [1.82, 2.24) is 9.80 Å². The predicted octanol–water partition coefficient (Wildman–Crippen LogP) is 2.20. The molecule has 0 radical (unpaired) electrons. The quantitative estimate of drug-likeness (QED) is 0.736. The molecular weight excluding hydrogens is 210 g/mol. The van der Waals surface area contributed by atoms with Gasteiger partial charge in [0, 0.05) is 37.6 Å². The lowest BCUT2D eigenvalue weighted by Crippen LogP contribution is -2.64. The van der Waals surface area contributed by atoms with Crippen LogP contribution in [-0.4, -0.2) is 53.5 Å². The van der Waals surface area contributed by atoms with Gasteiger partial charge in [-0.25, -0.2) is 8.78 Å². The average Bonchev–Trinajstić information content (AvgIpc) is 2.43. The third kappa shape index (κ3) is 2.23. The molecule has 0 aromatic heterocycles. The lowest BCUT2D eigenvalue weighted by molar-refractivity contribution is -0.0424. The molecule has 2 nitrogen and oxygen atoms in total. The Morgan fingerprint density at radius 3 is 2.38 bits per heavy atom. The van der Waals surface area contributed by atoms with Crippen LogP contribution in [0.5, 0.6) is 0 Å². The second-order valence-corrected chi connectivity index (χ2v) is 5.80. The number of hydrogen-bond donors (Lipinski definition) is 0. The highest BCUT2D eigenvalue weighted by Crippen LogP contribution is 2.33. The van der Waals surface area contributed by atoms with E-state index in [1.807, 2.05) is 4.90 Å². The van der Waals surface area contributed by atoms with E-state index in [1.54, 1.807) is 0 Å². The topological polar surface area (TPSA) is 6.48 Å². The fourth-order valence-electron chi connectivity index (χ4n) is 2.48. The van der Waals surface area contributed by atoms with Gasteiger partial charge in [0.05, 0.1) is 6.54 Å². The van der Waals surface area contributed by atoms with Crippen molar-refractivity contribution in [3.8, 4) is 0 Å². The first kappa shape index (κ1) is 12.2. The zero-order valence-corrected chi connectivity index (χ0v) is 10.5. The van der Waals surface area contributed by atoms with Gasteiger partial charge in [0.1, 0.15) is 0 Å². The molecule has 0 spiro atoms. The maximum absolute atomic E-state index is 13.1. The molecule has 0 amide bonds. The molecule has 2 aliphatic heterocycles. The summed E-state index contributed by atoms with van der Waals surface area (Å²) in [6, 6.07) is 0.360. The lowest BCUT2D eigenvalue weighted by atomic mass is 9.92. The summed E-state index contributed by atoms with van der Waals surface area (Å²) in [6.45, 7) is 9.07. The van der Waals surface area contributed by atoms with Crippen molar-refractivity contribution in [3.63, 3.8) is 0 Å². The van der Waals surface area contributed by atoms with Crippen molar-refractivity contribution in [3.05, 3.63) is 0 Å². The van der Waals surface area contributed by atoms with Crippen LogP contribution in [0.15, 0.2) is 0 Å². The highest BCUT2D eigenvalue weighted by Gasteiger charge is 2.46. The molecule has 2 heterocycles. The van der Waals surface area contributed by atoms with E-state index in [9.17, 15) is 8.78 Å². The van der Waals surface area contributed by atoms with Gasteiger partial charge in [0.2, 0.25) is 0 Å². The molecule has 0 aromatic carbocycles. The Bertz CT molecular complexity index is 260. The molecule has 2 saturated heterocycles. The maximum atomic E-state index is 13.1. The second kappa shape index (κ2) is 3.91. The highest BCUT2D eigenvalue weighted by molar-refractivity contribution is 4.98. The minimum atomic E-state index is -2.44. The Morgan fingerprint density at radius 2 is 1.94 bits per heavy atom. The molecule has 94 valence electrons. The monoisotopic (exact) mass is 232 g/mol. The number of rotatable bonds is 3. The summed E-state index contributed by atoms with van der Waals surface area (Å²) >= 11 is 0. The van der Waals surface area contributed by atoms with Gasteiger partial charge in [-0.05, 0) is 20.3 Å². The van der Waals surface area contributed by atoms with Crippen LogP contribution in [0.1, 0.15) is 33.6 Å². The molecular formula is C12H22F2N2. The largest absolute Gasteiger partial charge is 0.295 e. The van der Waals surface area contributed by atoms with E-state index in [4.69, 9.17) is 0 Å². The Hall–Kier alpha value is -0.220. The molecule has 2 aliphatic rings. The van der Waals surface area contributed by atoms with Gasteiger partial charge >= 0.3 is 0 Å². The molecule has 0 N–H and O–H groups in total. The van der Waals surface area contributed by atoms with Gasteiger partial charge in [-0.15, -0.1) is 0 Å². The Labute approximate surface area is 96.6 Å². The van der Waals surface area contributed by atoms with Crippen LogP contribution in [0.4, 0.5) is 8.78 Å². The SMILES string of the molecule is CCC(C)(C)N1CC(N2CCC(F)(F)C2)C1. The van der Waals surface area contributed by atoms with Crippen molar-refractivity contribution in [2.24, 2.45) is 0 Å². The van der Waals surface area contributed by atoms with Crippen LogP contribution in [0.2, 0.25) is 0 Å². The number of alkyl halides is 2. The first-order chi connectivity index (χ1) is 7.34. The summed E-state index contributed by atoms with van der Waals surface area (Å²) in [6.07, 6.45) is 1.15. The van der Waals surface area contributed by atoms with E-state index in [1.165, 1.54) is 0 Å². The molecule has 0 saturated carbocycles. The van der Waals surface area contributed by atoms with E-state index in [2.05, 4.69) is 25.7 Å². The van der Waals surface area contributed by atoms with Gasteiger partial charge in [-0.2, -0.15) is 0 Å². The maximum Gasteiger partial charge on any atom is 0.261 e. The molecule has 0 bridgehead atoms.